The van der Waals surface area contributed by atoms with Gasteiger partial charge in [0.2, 0.25) is 5.91 Å². The van der Waals surface area contributed by atoms with Gasteiger partial charge in [-0.1, -0.05) is 11.8 Å². The first-order valence-electron chi connectivity index (χ1n) is 6.15. The van der Waals surface area contributed by atoms with Crippen LogP contribution < -0.4 is 5.32 Å². The largest absolute Gasteiger partial charge is 0.383 e. The zero-order valence-electron chi connectivity index (χ0n) is 11.7. The molecule has 0 bridgehead atoms. The summed E-state index contributed by atoms with van der Waals surface area (Å²) in [6.45, 7) is 2.40. The molecule has 0 aliphatic heterocycles. The Morgan fingerprint density at radius 2 is 2.35 bits per heavy atom. The van der Waals surface area contributed by atoms with E-state index in [1.807, 2.05) is 14.0 Å². The lowest BCUT2D eigenvalue weighted by atomic mass is 10.3. The minimum atomic E-state index is -0.0461. The second-order valence-electron chi connectivity index (χ2n) is 4.40. The van der Waals surface area contributed by atoms with Crippen LogP contribution in [0, 0.1) is 0 Å². The second kappa shape index (κ2) is 6.67. The van der Waals surface area contributed by atoms with Crippen LogP contribution in [-0.2, 0) is 16.6 Å². The standard InChI is InChI=1S/C12H17N5O2S/c1-8(5-19-3)16-10(18)6-20-12-9-4-15-17(2)11(9)13-7-14-12/h4,7-8H,5-6H2,1-3H3,(H,16,18). The maximum absolute atomic E-state index is 11.8. The molecule has 2 aromatic rings. The van der Waals surface area contributed by atoms with Crippen LogP contribution in [0.5, 0.6) is 0 Å². The van der Waals surface area contributed by atoms with E-state index in [1.54, 1.807) is 18.0 Å². The van der Waals surface area contributed by atoms with Gasteiger partial charge in [0.1, 0.15) is 11.4 Å². The SMILES string of the molecule is COCC(C)NC(=O)CSc1ncnc2c1cnn2C. The van der Waals surface area contributed by atoms with Crippen LogP contribution in [0.15, 0.2) is 17.6 Å². The molecule has 1 unspecified atom stereocenters. The van der Waals surface area contributed by atoms with E-state index in [4.69, 9.17) is 4.74 Å². The van der Waals surface area contributed by atoms with Crippen molar-refractivity contribution in [1.29, 1.82) is 0 Å². The first-order valence-corrected chi connectivity index (χ1v) is 7.14. The van der Waals surface area contributed by atoms with E-state index < -0.39 is 0 Å². The summed E-state index contributed by atoms with van der Waals surface area (Å²) in [6.07, 6.45) is 3.20. The lowest BCUT2D eigenvalue weighted by Crippen LogP contribution is -2.36. The molecule has 2 heterocycles. The number of aromatic nitrogens is 4. The summed E-state index contributed by atoms with van der Waals surface area (Å²) in [5.74, 6) is 0.255. The molecule has 108 valence electrons. The van der Waals surface area contributed by atoms with Crippen molar-refractivity contribution in [2.45, 2.75) is 18.0 Å². The van der Waals surface area contributed by atoms with Crippen molar-refractivity contribution in [2.24, 2.45) is 7.05 Å². The molecule has 0 saturated heterocycles. The van der Waals surface area contributed by atoms with Crippen LogP contribution in [0.1, 0.15) is 6.92 Å². The van der Waals surface area contributed by atoms with E-state index >= 15 is 0 Å². The summed E-state index contributed by atoms with van der Waals surface area (Å²) >= 11 is 1.37. The predicted octanol–water partition coefficient (Wildman–Crippen LogP) is 0.606. The Labute approximate surface area is 121 Å². The fourth-order valence-electron chi connectivity index (χ4n) is 1.80. The van der Waals surface area contributed by atoms with Crippen molar-refractivity contribution >= 4 is 28.7 Å². The Bertz CT molecular complexity index is 601. The Kier molecular flexibility index (Phi) is 4.91. The zero-order valence-corrected chi connectivity index (χ0v) is 12.5. The smallest absolute Gasteiger partial charge is 0.230 e. The average molecular weight is 295 g/mol. The maximum atomic E-state index is 11.8. The number of aryl methyl sites for hydroxylation is 1. The summed E-state index contributed by atoms with van der Waals surface area (Å²) in [7, 11) is 3.43. The topological polar surface area (TPSA) is 81.9 Å². The maximum Gasteiger partial charge on any atom is 0.230 e. The van der Waals surface area contributed by atoms with E-state index in [1.165, 1.54) is 18.1 Å². The van der Waals surface area contributed by atoms with Gasteiger partial charge in [0, 0.05) is 20.2 Å². The van der Waals surface area contributed by atoms with E-state index in [0.29, 0.717) is 12.4 Å². The molecule has 20 heavy (non-hydrogen) atoms. The van der Waals surface area contributed by atoms with Gasteiger partial charge in [0.05, 0.1) is 23.9 Å². The summed E-state index contributed by atoms with van der Waals surface area (Å²) in [5, 5.41) is 8.62. The van der Waals surface area contributed by atoms with Crippen LogP contribution in [0.25, 0.3) is 11.0 Å². The Balaban J connectivity index is 1.97. The second-order valence-corrected chi connectivity index (χ2v) is 5.36. The number of methoxy groups -OCH3 is 1. The highest BCUT2D eigenvalue weighted by atomic mass is 32.2. The Hall–Kier alpha value is -1.67. The van der Waals surface area contributed by atoms with Crippen LogP contribution in [-0.4, -0.2) is 51.2 Å². The molecular formula is C12H17N5O2S. The molecule has 0 aliphatic carbocycles. The average Bonchev–Trinajstić information content (AvgIpc) is 2.79. The fraction of sp³-hybridized carbons (Fsp3) is 0.500. The third-order valence-electron chi connectivity index (χ3n) is 2.66. The minimum Gasteiger partial charge on any atom is -0.383 e. The fourth-order valence-corrected chi connectivity index (χ4v) is 2.57. The number of carbonyl (C=O) groups excluding carboxylic acids is 1. The van der Waals surface area contributed by atoms with Crippen LogP contribution in [0.3, 0.4) is 0 Å². The monoisotopic (exact) mass is 295 g/mol. The van der Waals surface area contributed by atoms with Gasteiger partial charge in [-0.15, -0.1) is 0 Å². The number of amides is 1. The van der Waals surface area contributed by atoms with Crippen molar-refractivity contribution in [3.8, 4) is 0 Å². The molecule has 0 saturated carbocycles. The molecular weight excluding hydrogens is 278 g/mol. The number of fused-ring (bicyclic) bond motifs is 1. The molecule has 0 fully saturated rings. The number of hydrogen-bond donors (Lipinski definition) is 1. The summed E-state index contributed by atoms with van der Waals surface area (Å²) < 4.78 is 6.66. The van der Waals surface area contributed by atoms with Gasteiger partial charge < -0.3 is 10.1 Å². The molecule has 2 aromatic heterocycles. The minimum absolute atomic E-state index is 0.00286. The van der Waals surface area contributed by atoms with E-state index in [0.717, 1.165) is 16.1 Å². The van der Waals surface area contributed by atoms with E-state index in [-0.39, 0.29) is 11.9 Å². The molecule has 7 nitrogen and oxygen atoms in total. The number of carbonyl (C=O) groups is 1. The van der Waals surface area contributed by atoms with Crippen LogP contribution >= 0.6 is 11.8 Å². The molecule has 0 aliphatic rings. The number of hydrogen-bond acceptors (Lipinski definition) is 6. The first-order chi connectivity index (χ1) is 9.61. The Morgan fingerprint density at radius 1 is 1.55 bits per heavy atom. The molecule has 1 N–H and O–H groups in total. The molecule has 1 amide bonds. The molecule has 0 spiro atoms. The predicted molar refractivity (Wildman–Crippen MR) is 76.5 cm³/mol. The third kappa shape index (κ3) is 3.45. The zero-order chi connectivity index (χ0) is 14.5. The normalized spacial score (nSPS) is 12.6. The van der Waals surface area contributed by atoms with Gasteiger partial charge in [-0.25, -0.2) is 9.97 Å². The lowest BCUT2D eigenvalue weighted by molar-refractivity contribution is -0.119. The Morgan fingerprint density at radius 3 is 3.10 bits per heavy atom. The van der Waals surface area contributed by atoms with Crippen molar-refractivity contribution in [3.05, 3.63) is 12.5 Å². The van der Waals surface area contributed by atoms with Crippen LogP contribution in [0.2, 0.25) is 0 Å². The van der Waals surface area contributed by atoms with Gasteiger partial charge in [-0.3, -0.25) is 9.48 Å². The number of rotatable bonds is 6. The number of thioether (sulfide) groups is 1. The van der Waals surface area contributed by atoms with Gasteiger partial charge in [-0.05, 0) is 6.92 Å². The highest BCUT2D eigenvalue weighted by molar-refractivity contribution is 8.00. The van der Waals surface area contributed by atoms with Gasteiger partial charge in [0.25, 0.3) is 0 Å². The van der Waals surface area contributed by atoms with Gasteiger partial charge in [-0.2, -0.15) is 5.10 Å². The third-order valence-corrected chi connectivity index (χ3v) is 3.66. The van der Waals surface area contributed by atoms with Crippen molar-refractivity contribution in [1.82, 2.24) is 25.1 Å². The van der Waals surface area contributed by atoms with Crippen molar-refractivity contribution in [2.75, 3.05) is 19.5 Å². The van der Waals surface area contributed by atoms with Crippen molar-refractivity contribution in [3.63, 3.8) is 0 Å². The molecule has 8 heteroatoms. The lowest BCUT2D eigenvalue weighted by Gasteiger charge is -2.12. The van der Waals surface area contributed by atoms with E-state index in [2.05, 4.69) is 20.4 Å². The summed E-state index contributed by atoms with van der Waals surface area (Å²) in [4.78, 5) is 20.2. The number of nitrogens with one attached hydrogen (secondary N) is 1. The van der Waals surface area contributed by atoms with Gasteiger partial charge in [0.15, 0.2) is 5.65 Å². The summed E-state index contributed by atoms with van der Waals surface area (Å²) in [5.41, 5.74) is 0.760. The number of ether oxygens (including phenoxy) is 1. The van der Waals surface area contributed by atoms with Crippen molar-refractivity contribution < 1.29 is 9.53 Å². The first kappa shape index (κ1) is 14.7. The molecule has 0 radical (unpaired) electrons. The molecule has 1 atom stereocenters. The highest BCUT2D eigenvalue weighted by Gasteiger charge is 2.12. The van der Waals surface area contributed by atoms with E-state index in [9.17, 15) is 4.79 Å². The molecule has 0 aromatic carbocycles. The van der Waals surface area contributed by atoms with Crippen LogP contribution in [0.4, 0.5) is 0 Å². The van der Waals surface area contributed by atoms with Gasteiger partial charge >= 0.3 is 0 Å². The number of nitrogens with zero attached hydrogens (tertiary/aromatic N) is 4. The highest BCUT2D eigenvalue weighted by Crippen LogP contribution is 2.23. The quantitative estimate of drug-likeness (QED) is 0.621. The summed E-state index contributed by atoms with van der Waals surface area (Å²) in [6, 6.07) is -0.00286. The molecule has 2 rings (SSSR count).